The summed E-state index contributed by atoms with van der Waals surface area (Å²) in [7, 11) is 1.36. The molecule has 0 saturated carbocycles. The summed E-state index contributed by atoms with van der Waals surface area (Å²) in [4.78, 5) is 27.6. The van der Waals surface area contributed by atoms with Gasteiger partial charge in [0.2, 0.25) is 5.89 Å². The highest BCUT2D eigenvalue weighted by molar-refractivity contribution is 5.75. The molecule has 10 nitrogen and oxygen atoms in total. The maximum atomic E-state index is 13.6. The Morgan fingerprint density at radius 1 is 0.820 bits per heavy atom. The fourth-order valence-electron chi connectivity index (χ4n) is 5.60. The van der Waals surface area contributed by atoms with E-state index in [-0.39, 0.29) is 24.1 Å². The van der Waals surface area contributed by atoms with E-state index in [1.54, 1.807) is 38.1 Å². The fraction of sp³-hybridized carbons (Fsp3) is 0.410. The number of rotatable bonds is 14. The summed E-state index contributed by atoms with van der Waals surface area (Å²) >= 11 is 0. The van der Waals surface area contributed by atoms with E-state index in [0.29, 0.717) is 60.3 Å². The Bertz CT molecular complexity index is 1740. The second-order valence-corrected chi connectivity index (χ2v) is 12.0. The van der Waals surface area contributed by atoms with Gasteiger partial charge in [-0.1, -0.05) is 0 Å². The summed E-state index contributed by atoms with van der Waals surface area (Å²) in [6, 6.07) is 11.9. The van der Waals surface area contributed by atoms with Crippen LogP contribution in [0.1, 0.15) is 64.2 Å². The number of methoxy groups -OCH3 is 1. The molecule has 2 N–H and O–H groups in total. The van der Waals surface area contributed by atoms with Crippen LogP contribution < -0.4 is 4.74 Å². The molecule has 11 heteroatoms. The number of carbonyl (C=O) groups excluding carboxylic acids is 1. The van der Waals surface area contributed by atoms with Gasteiger partial charge >= 0.3 is 11.9 Å². The van der Waals surface area contributed by atoms with Crippen molar-refractivity contribution in [2.45, 2.75) is 87.0 Å². The standard InChI is InChI=1S/C26H30FNO5.C13H18O4/c1-7-31-24(26(29)30-6)13-21-15(2)11-20(12-16(21)3)32-14-23-18(5)33-25(28-23)19-8-9-22(27)17(4)10-19;1-4-17-12(13(15)16)7-11-8(2)5-10(14)6-9(11)3/h8-12,24H,7,13-14H2,1-6H3;5-6,12,14H,4,7H2,1-3H3,(H,15,16)/t24-;12-/m00/s1. The topological polar surface area (TPSA) is 138 Å². The third-order valence-electron chi connectivity index (χ3n) is 8.28. The van der Waals surface area contributed by atoms with Crippen LogP contribution in [0, 0.1) is 47.4 Å². The number of aryl methyl sites for hydroxylation is 6. The predicted molar refractivity (Wildman–Crippen MR) is 187 cm³/mol. The maximum Gasteiger partial charge on any atom is 0.335 e. The number of benzene rings is 3. The van der Waals surface area contributed by atoms with Gasteiger partial charge in [-0.3, -0.25) is 0 Å². The molecule has 1 aromatic heterocycles. The molecule has 0 saturated heterocycles. The summed E-state index contributed by atoms with van der Waals surface area (Å²) in [6.07, 6.45) is -0.722. The number of hydrogen-bond donors (Lipinski definition) is 2. The first-order chi connectivity index (χ1) is 23.7. The van der Waals surface area contributed by atoms with Crippen LogP contribution in [0.3, 0.4) is 0 Å². The molecule has 270 valence electrons. The van der Waals surface area contributed by atoms with Crippen molar-refractivity contribution in [3.8, 4) is 23.0 Å². The van der Waals surface area contributed by atoms with Gasteiger partial charge < -0.3 is 33.6 Å². The van der Waals surface area contributed by atoms with Crippen molar-refractivity contribution in [3.05, 3.63) is 98.7 Å². The van der Waals surface area contributed by atoms with E-state index in [9.17, 15) is 19.1 Å². The first-order valence-corrected chi connectivity index (χ1v) is 16.5. The second kappa shape index (κ2) is 18.3. The number of aromatic hydroxyl groups is 1. The van der Waals surface area contributed by atoms with Gasteiger partial charge in [0.05, 0.1) is 7.11 Å². The van der Waals surface area contributed by atoms with Crippen LogP contribution in [0.2, 0.25) is 0 Å². The van der Waals surface area contributed by atoms with Crippen LogP contribution >= 0.6 is 0 Å². The number of aromatic nitrogens is 1. The molecular formula is C39H48FNO9. The number of carboxylic acids is 1. The molecule has 0 aliphatic carbocycles. The number of carbonyl (C=O) groups is 2. The molecular weight excluding hydrogens is 645 g/mol. The van der Waals surface area contributed by atoms with Gasteiger partial charge in [-0.25, -0.2) is 19.0 Å². The van der Waals surface area contributed by atoms with Crippen molar-refractivity contribution in [2.24, 2.45) is 0 Å². The van der Waals surface area contributed by atoms with Crippen LogP contribution in [0.4, 0.5) is 4.39 Å². The van der Waals surface area contributed by atoms with E-state index in [0.717, 1.165) is 33.4 Å². The zero-order valence-electron chi connectivity index (χ0n) is 30.3. The lowest BCUT2D eigenvalue weighted by Gasteiger charge is -2.18. The third kappa shape index (κ3) is 10.6. The molecule has 4 aromatic rings. The summed E-state index contributed by atoms with van der Waals surface area (Å²) in [5.74, 6) is 0.368. The van der Waals surface area contributed by atoms with Crippen molar-refractivity contribution in [1.29, 1.82) is 0 Å². The molecule has 3 aromatic carbocycles. The zero-order chi connectivity index (χ0) is 37.1. The minimum Gasteiger partial charge on any atom is -0.508 e. The molecule has 0 bridgehead atoms. The number of carboxylic acid groups (broad SMARTS) is 1. The van der Waals surface area contributed by atoms with Gasteiger partial charge in [0, 0.05) is 31.6 Å². The van der Waals surface area contributed by atoms with Gasteiger partial charge in [-0.05, 0) is 137 Å². The second-order valence-electron chi connectivity index (χ2n) is 12.0. The van der Waals surface area contributed by atoms with Crippen molar-refractivity contribution in [3.63, 3.8) is 0 Å². The lowest BCUT2D eigenvalue weighted by atomic mass is 9.97. The Kier molecular flexibility index (Phi) is 14.5. The highest BCUT2D eigenvalue weighted by atomic mass is 19.1. The Morgan fingerprint density at radius 3 is 1.88 bits per heavy atom. The van der Waals surface area contributed by atoms with Gasteiger partial charge in [0.15, 0.2) is 12.2 Å². The molecule has 0 spiro atoms. The van der Waals surface area contributed by atoms with E-state index < -0.39 is 18.2 Å². The largest absolute Gasteiger partial charge is 0.508 e. The molecule has 0 fully saturated rings. The van der Waals surface area contributed by atoms with E-state index in [1.165, 1.54) is 13.2 Å². The maximum absolute atomic E-state index is 13.6. The van der Waals surface area contributed by atoms with Crippen LogP contribution in [-0.2, 0) is 43.2 Å². The smallest absolute Gasteiger partial charge is 0.335 e. The number of phenolic OH excluding ortho intramolecular Hbond substituents is 1. The van der Waals surface area contributed by atoms with Crippen LogP contribution in [-0.4, -0.2) is 59.7 Å². The average Bonchev–Trinajstić information content (AvgIpc) is 3.43. The average molecular weight is 694 g/mol. The zero-order valence-corrected chi connectivity index (χ0v) is 30.3. The quantitative estimate of drug-likeness (QED) is 0.128. The van der Waals surface area contributed by atoms with Gasteiger partial charge in [-0.2, -0.15) is 0 Å². The number of nitrogens with zero attached hydrogens (tertiary/aromatic N) is 1. The lowest BCUT2D eigenvalue weighted by molar-refractivity contribution is -0.153. The highest BCUT2D eigenvalue weighted by Crippen LogP contribution is 2.28. The molecule has 0 aliphatic heterocycles. The van der Waals surface area contributed by atoms with Gasteiger partial charge in [0.1, 0.15) is 35.4 Å². The Balaban J connectivity index is 0.000000335. The Hall–Kier alpha value is -4.74. The van der Waals surface area contributed by atoms with E-state index >= 15 is 0 Å². The summed E-state index contributed by atoms with van der Waals surface area (Å²) in [5, 5.41) is 18.4. The first kappa shape index (κ1) is 39.7. The van der Waals surface area contributed by atoms with Crippen LogP contribution in [0.15, 0.2) is 46.9 Å². The van der Waals surface area contributed by atoms with E-state index in [4.69, 9.17) is 28.5 Å². The number of halogens is 1. The number of ether oxygens (including phenoxy) is 4. The van der Waals surface area contributed by atoms with Crippen molar-refractivity contribution in [1.82, 2.24) is 4.98 Å². The molecule has 0 amide bonds. The van der Waals surface area contributed by atoms with Crippen molar-refractivity contribution < 1.29 is 47.6 Å². The minimum atomic E-state index is -0.960. The molecule has 4 rings (SSSR count). The van der Waals surface area contributed by atoms with Crippen molar-refractivity contribution in [2.75, 3.05) is 20.3 Å². The summed E-state index contributed by atoms with van der Waals surface area (Å²) < 4.78 is 41.0. The number of aliphatic carboxylic acids is 1. The summed E-state index contributed by atoms with van der Waals surface area (Å²) in [5.41, 5.74) is 7.63. The number of esters is 1. The lowest BCUT2D eigenvalue weighted by Crippen LogP contribution is -2.28. The Morgan fingerprint density at radius 2 is 1.36 bits per heavy atom. The van der Waals surface area contributed by atoms with Crippen LogP contribution in [0.5, 0.6) is 11.5 Å². The molecule has 0 aliphatic rings. The van der Waals surface area contributed by atoms with E-state index in [2.05, 4.69) is 4.98 Å². The third-order valence-corrected chi connectivity index (χ3v) is 8.28. The normalized spacial score (nSPS) is 12.1. The summed E-state index contributed by atoms with van der Waals surface area (Å²) in [6.45, 7) is 15.8. The van der Waals surface area contributed by atoms with Crippen LogP contribution in [0.25, 0.3) is 11.5 Å². The molecule has 2 atom stereocenters. The molecule has 50 heavy (non-hydrogen) atoms. The SMILES string of the molecule is CCO[C@@H](Cc1c(C)cc(O)cc1C)C(=O)O.CCO[C@@H](Cc1c(C)cc(OCc2nc(-c3ccc(F)c(C)c3)oc2C)cc1C)C(=O)OC. The number of oxazole rings is 1. The minimum absolute atomic E-state index is 0.201. The molecule has 1 heterocycles. The van der Waals surface area contributed by atoms with Gasteiger partial charge in [-0.15, -0.1) is 0 Å². The molecule has 0 unspecified atom stereocenters. The Labute approximate surface area is 293 Å². The van der Waals surface area contributed by atoms with Crippen molar-refractivity contribution >= 4 is 11.9 Å². The molecule has 0 radical (unpaired) electrons. The highest BCUT2D eigenvalue weighted by Gasteiger charge is 2.23. The first-order valence-electron chi connectivity index (χ1n) is 16.5. The number of phenols is 1. The van der Waals surface area contributed by atoms with Gasteiger partial charge in [0.25, 0.3) is 0 Å². The monoisotopic (exact) mass is 693 g/mol. The predicted octanol–water partition coefficient (Wildman–Crippen LogP) is 7.46. The van der Waals surface area contributed by atoms with E-state index in [1.807, 2.05) is 53.7 Å². The fourth-order valence-corrected chi connectivity index (χ4v) is 5.60. The number of hydrogen-bond acceptors (Lipinski definition) is 9.